The Morgan fingerprint density at radius 2 is 2.33 bits per heavy atom. The van der Waals surface area contributed by atoms with Gasteiger partial charge in [-0.2, -0.15) is 0 Å². The maximum absolute atomic E-state index is 11.6. The molecule has 82 valence electrons. The Kier molecular flexibility index (Phi) is 2.73. The number of hydrogen-bond acceptors (Lipinski definition) is 4. The summed E-state index contributed by atoms with van der Waals surface area (Å²) < 4.78 is 0. The third-order valence-electron chi connectivity index (χ3n) is 2.50. The number of aliphatic hydroxyl groups is 1. The molecule has 3 N–H and O–H groups in total. The summed E-state index contributed by atoms with van der Waals surface area (Å²) in [6.07, 6.45) is 2.64. The number of nitrogens with one attached hydrogen (secondary N) is 2. The average Bonchev–Trinajstić information content (AvgIpc) is 2.95. The first-order valence-electron chi connectivity index (χ1n) is 5.18. The van der Waals surface area contributed by atoms with Gasteiger partial charge in [-0.1, -0.05) is 0 Å². The van der Waals surface area contributed by atoms with Crippen molar-refractivity contribution in [2.24, 2.45) is 0 Å². The van der Waals surface area contributed by atoms with Gasteiger partial charge in [0, 0.05) is 24.6 Å². The lowest BCUT2D eigenvalue weighted by atomic mass is 10.2. The van der Waals surface area contributed by atoms with Crippen LogP contribution in [0.5, 0.6) is 0 Å². The Labute approximate surface area is 87.6 Å². The number of nitrogens with zero attached hydrogens (tertiary/aromatic N) is 1. The van der Waals surface area contributed by atoms with Crippen molar-refractivity contribution in [3.63, 3.8) is 0 Å². The highest BCUT2D eigenvalue weighted by molar-refractivity contribution is 5.31. The lowest BCUT2D eigenvalue weighted by molar-refractivity contribution is 0.298. The van der Waals surface area contributed by atoms with Gasteiger partial charge in [0.05, 0.1) is 5.69 Å². The molecule has 0 saturated heterocycles. The molecule has 0 spiro atoms. The van der Waals surface area contributed by atoms with Crippen molar-refractivity contribution in [3.05, 3.63) is 21.6 Å². The average molecular weight is 209 g/mol. The summed E-state index contributed by atoms with van der Waals surface area (Å²) in [5, 5.41) is 11.9. The zero-order chi connectivity index (χ0) is 10.8. The number of aliphatic hydroxyl groups excluding tert-OH is 1. The quantitative estimate of drug-likeness (QED) is 0.661. The highest BCUT2D eigenvalue weighted by Gasteiger charge is 2.22. The van der Waals surface area contributed by atoms with E-state index in [2.05, 4.69) is 15.3 Å². The Balaban J connectivity index is 2.24. The van der Waals surface area contributed by atoms with Gasteiger partial charge in [0.15, 0.2) is 0 Å². The van der Waals surface area contributed by atoms with E-state index in [1.165, 1.54) is 0 Å². The van der Waals surface area contributed by atoms with Crippen LogP contribution in [0.3, 0.4) is 0 Å². The van der Waals surface area contributed by atoms with Crippen LogP contribution in [-0.2, 0) is 6.42 Å². The number of hydrogen-bond donors (Lipinski definition) is 3. The summed E-state index contributed by atoms with van der Waals surface area (Å²) in [5.41, 5.74) is 1.11. The highest BCUT2D eigenvalue weighted by Crippen LogP contribution is 2.22. The zero-order valence-corrected chi connectivity index (χ0v) is 8.71. The van der Waals surface area contributed by atoms with Crippen molar-refractivity contribution >= 4 is 5.95 Å². The predicted octanol–water partition coefficient (Wildman–Crippen LogP) is 0.187. The summed E-state index contributed by atoms with van der Waals surface area (Å²) in [6, 6.07) is 0.469. The fourth-order valence-electron chi connectivity index (χ4n) is 1.51. The highest BCUT2D eigenvalue weighted by atomic mass is 16.3. The molecule has 0 atom stereocenters. The minimum Gasteiger partial charge on any atom is -0.396 e. The number of aromatic nitrogens is 2. The van der Waals surface area contributed by atoms with E-state index in [-0.39, 0.29) is 12.2 Å². The van der Waals surface area contributed by atoms with Crippen LogP contribution in [0.1, 0.15) is 24.1 Å². The predicted molar refractivity (Wildman–Crippen MR) is 57.0 cm³/mol. The van der Waals surface area contributed by atoms with E-state index in [0.717, 1.165) is 12.8 Å². The molecule has 0 radical (unpaired) electrons. The normalized spacial score (nSPS) is 15.3. The van der Waals surface area contributed by atoms with Gasteiger partial charge in [-0.05, 0) is 19.8 Å². The molecule has 1 saturated carbocycles. The van der Waals surface area contributed by atoms with Gasteiger partial charge in [-0.3, -0.25) is 9.78 Å². The standard InChI is InChI=1S/C10H15N3O2/c1-6-8(4-5-14)9(15)13-10(11-6)12-7-2-3-7/h7,14H,2-5H2,1H3,(H2,11,12,13,15). The molecule has 1 aromatic rings. The summed E-state index contributed by atoms with van der Waals surface area (Å²) in [7, 11) is 0. The second kappa shape index (κ2) is 4.02. The molecule has 1 aliphatic rings. The maximum atomic E-state index is 11.6. The first-order chi connectivity index (χ1) is 7.20. The second-order valence-electron chi connectivity index (χ2n) is 3.87. The monoisotopic (exact) mass is 209 g/mol. The molecule has 0 bridgehead atoms. The van der Waals surface area contributed by atoms with E-state index in [4.69, 9.17) is 5.11 Å². The number of aromatic amines is 1. The molecule has 1 aliphatic carbocycles. The Hall–Kier alpha value is -1.36. The Morgan fingerprint density at radius 3 is 2.87 bits per heavy atom. The number of aryl methyl sites for hydroxylation is 1. The Bertz CT molecular complexity index is 410. The van der Waals surface area contributed by atoms with E-state index in [1.54, 1.807) is 6.92 Å². The molecule has 1 fully saturated rings. The summed E-state index contributed by atoms with van der Waals surface area (Å²) >= 11 is 0. The molecule has 5 heteroatoms. The van der Waals surface area contributed by atoms with E-state index in [9.17, 15) is 4.79 Å². The molecule has 15 heavy (non-hydrogen) atoms. The van der Waals surface area contributed by atoms with Crippen molar-refractivity contribution in [1.29, 1.82) is 0 Å². The minimum absolute atomic E-state index is 0.0268. The van der Waals surface area contributed by atoms with Crippen molar-refractivity contribution in [2.75, 3.05) is 11.9 Å². The SMILES string of the molecule is Cc1nc(NC2CC2)[nH]c(=O)c1CCO. The van der Waals surface area contributed by atoms with Crippen LogP contribution in [0.15, 0.2) is 4.79 Å². The molecule has 0 aliphatic heterocycles. The van der Waals surface area contributed by atoms with Crippen molar-refractivity contribution < 1.29 is 5.11 Å². The first-order valence-corrected chi connectivity index (χ1v) is 5.18. The third kappa shape index (κ3) is 2.36. The second-order valence-corrected chi connectivity index (χ2v) is 3.87. The van der Waals surface area contributed by atoms with E-state index in [0.29, 0.717) is 29.7 Å². The maximum Gasteiger partial charge on any atom is 0.255 e. The van der Waals surface area contributed by atoms with E-state index in [1.807, 2.05) is 0 Å². The summed E-state index contributed by atoms with van der Waals surface area (Å²) in [4.78, 5) is 18.5. The lowest BCUT2D eigenvalue weighted by Gasteiger charge is -2.07. The van der Waals surface area contributed by atoms with Crippen molar-refractivity contribution in [1.82, 2.24) is 9.97 Å². The summed E-state index contributed by atoms with van der Waals surface area (Å²) in [5.74, 6) is 0.543. The third-order valence-corrected chi connectivity index (χ3v) is 2.50. The van der Waals surface area contributed by atoms with Crippen LogP contribution in [-0.4, -0.2) is 27.7 Å². The van der Waals surface area contributed by atoms with Gasteiger partial charge in [0.1, 0.15) is 0 Å². The van der Waals surface area contributed by atoms with Crippen molar-refractivity contribution in [2.45, 2.75) is 32.2 Å². The van der Waals surface area contributed by atoms with Crippen LogP contribution in [0, 0.1) is 6.92 Å². The molecule has 0 unspecified atom stereocenters. The van der Waals surface area contributed by atoms with Gasteiger partial charge in [-0.15, -0.1) is 0 Å². The van der Waals surface area contributed by atoms with Crippen molar-refractivity contribution in [3.8, 4) is 0 Å². The molecular weight excluding hydrogens is 194 g/mol. The summed E-state index contributed by atoms with van der Waals surface area (Å²) in [6.45, 7) is 1.76. The molecule has 0 aromatic carbocycles. The van der Waals surface area contributed by atoms with Crippen LogP contribution in [0.25, 0.3) is 0 Å². The van der Waals surface area contributed by atoms with Gasteiger partial charge < -0.3 is 10.4 Å². The molecule has 1 aromatic heterocycles. The molecule has 5 nitrogen and oxygen atoms in total. The molecular formula is C10H15N3O2. The smallest absolute Gasteiger partial charge is 0.255 e. The van der Waals surface area contributed by atoms with Crippen LogP contribution in [0.2, 0.25) is 0 Å². The Morgan fingerprint density at radius 1 is 1.60 bits per heavy atom. The fourth-order valence-corrected chi connectivity index (χ4v) is 1.51. The number of H-pyrrole nitrogens is 1. The number of anilines is 1. The van der Waals surface area contributed by atoms with E-state index < -0.39 is 0 Å². The van der Waals surface area contributed by atoms with Gasteiger partial charge >= 0.3 is 0 Å². The van der Waals surface area contributed by atoms with Gasteiger partial charge in [-0.25, -0.2) is 4.98 Å². The minimum atomic E-state index is -0.153. The van der Waals surface area contributed by atoms with Crippen LogP contribution >= 0.6 is 0 Å². The molecule has 2 rings (SSSR count). The fraction of sp³-hybridized carbons (Fsp3) is 0.600. The van der Waals surface area contributed by atoms with Crippen LogP contribution in [0.4, 0.5) is 5.95 Å². The zero-order valence-electron chi connectivity index (χ0n) is 8.71. The van der Waals surface area contributed by atoms with Gasteiger partial charge in [0.25, 0.3) is 5.56 Å². The lowest BCUT2D eigenvalue weighted by Crippen LogP contribution is -2.20. The molecule has 1 heterocycles. The topological polar surface area (TPSA) is 78.0 Å². The van der Waals surface area contributed by atoms with Gasteiger partial charge in [0.2, 0.25) is 5.95 Å². The number of rotatable bonds is 4. The molecule has 0 amide bonds. The van der Waals surface area contributed by atoms with Crippen LogP contribution < -0.4 is 10.9 Å². The van der Waals surface area contributed by atoms with E-state index >= 15 is 0 Å². The largest absolute Gasteiger partial charge is 0.396 e. The first kappa shape index (κ1) is 10.2.